The highest BCUT2D eigenvalue weighted by Gasteiger charge is 2.31. The van der Waals surface area contributed by atoms with Gasteiger partial charge in [-0.15, -0.1) is 0 Å². The number of hydrogen-bond acceptors (Lipinski definition) is 5. The molecule has 1 saturated heterocycles. The summed E-state index contributed by atoms with van der Waals surface area (Å²) >= 11 is 0. The predicted octanol–water partition coefficient (Wildman–Crippen LogP) is -0.418. The Morgan fingerprint density at radius 3 is 2.71 bits per heavy atom. The molecule has 0 aromatic heterocycles. The van der Waals surface area contributed by atoms with E-state index in [2.05, 4.69) is 4.74 Å². The average Bonchev–Trinajstić information content (AvgIpc) is 2.29. The number of carbonyl (C=O) groups excluding carboxylic acids is 1. The van der Waals surface area contributed by atoms with Crippen molar-refractivity contribution in [3.8, 4) is 0 Å². The van der Waals surface area contributed by atoms with Gasteiger partial charge < -0.3 is 9.84 Å². The number of nitrogens with zero attached hydrogens (tertiary/aromatic N) is 1. The number of aliphatic hydroxyl groups excluding tert-OH is 1. The fourth-order valence-corrected chi connectivity index (χ4v) is 3.16. The van der Waals surface area contributed by atoms with Gasteiger partial charge in [-0.3, -0.25) is 4.79 Å². The Bertz CT molecular complexity index is 367. The van der Waals surface area contributed by atoms with Crippen LogP contribution in [0.15, 0.2) is 0 Å². The number of rotatable bonds is 4. The minimum atomic E-state index is -3.47. The lowest BCUT2D eigenvalue weighted by Gasteiger charge is -2.33. The normalized spacial score (nSPS) is 26.8. The number of sulfonamides is 1. The Labute approximate surface area is 102 Å². The maximum absolute atomic E-state index is 11.9. The van der Waals surface area contributed by atoms with Crippen LogP contribution >= 0.6 is 0 Å². The minimum absolute atomic E-state index is 0.113. The Morgan fingerprint density at radius 1 is 1.53 bits per heavy atom. The molecule has 2 atom stereocenters. The molecular formula is C10H19NO5S. The highest BCUT2D eigenvalue weighted by atomic mass is 32.2. The Kier molecular flexibility index (Phi) is 4.91. The third-order valence-corrected chi connectivity index (χ3v) is 4.91. The SMILES string of the molecule is COC(=O)CCS(=O)(=O)N1CCC(C)C(O)C1. The zero-order valence-corrected chi connectivity index (χ0v) is 10.9. The first kappa shape index (κ1) is 14.4. The van der Waals surface area contributed by atoms with Crippen LogP contribution in [0, 0.1) is 5.92 Å². The second-order valence-corrected chi connectivity index (χ2v) is 6.42. The second kappa shape index (κ2) is 5.79. The van der Waals surface area contributed by atoms with Crippen molar-refractivity contribution in [2.45, 2.75) is 25.9 Å². The highest BCUT2D eigenvalue weighted by Crippen LogP contribution is 2.19. The standard InChI is InChI=1S/C10H19NO5S/c1-8-3-5-11(7-9(8)12)17(14,15)6-4-10(13)16-2/h8-9,12H,3-7H2,1-2H3. The van der Waals surface area contributed by atoms with Crippen molar-refractivity contribution in [1.29, 1.82) is 0 Å². The van der Waals surface area contributed by atoms with Crippen molar-refractivity contribution in [2.24, 2.45) is 5.92 Å². The van der Waals surface area contributed by atoms with Gasteiger partial charge >= 0.3 is 5.97 Å². The fourth-order valence-electron chi connectivity index (χ4n) is 1.72. The second-order valence-electron chi connectivity index (χ2n) is 4.33. The summed E-state index contributed by atoms with van der Waals surface area (Å²) in [6.07, 6.45) is -0.142. The van der Waals surface area contributed by atoms with E-state index < -0.39 is 22.1 Å². The minimum Gasteiger partial charge on any atom is -0.469 e. The van der Waals surface area contributed by atoms with Gasteiger partial charge in [-0.25, -0.2) is 8.42 Å². The van der Waals surface area contributed by atoms with Gasteiger partial charge in [-0.1, -0.05) is 6.92 Å². The Morgan fingerprint density at radius 2 is 2.18 bits per heavy atom. The molecule has 0 aromatic carbocycles. The summed E-state index contributed by atoms with van der Waals surface area (Å²) in [5.74, 6) is -0.692. The molecule has 17 heavy (non-hydrogen) atoms. The van der Waals surface area contributed by atoms with Crippen molar-refractivity contribution in [3.63, 3.8) is 0 Å². The number of β-amino-alcohol motifs (C(OH)–C–C–N with tert-alkyl or cyclic N) is 1. The first-order chi connectivity index (χ1) is 7.86. The molecule has 1 aliphatic rings. The summed E-state index contributed by atoms with van der Waals surface area (Å²) in [6, 6.07) is 0. The lowest BCUT2D eigenvalue weighted by atomic mass is 9.98. The largest absolute Gasteiger partial charge is 0.469 e. The molecule has 1 heterocycles. The zero-order valence-electron chi connectivity index (χ0n) is 10.1. The summed E-state index contributed by atoms with van der Waals surface area (Å²) in [4.78, 5) is 10.9. The van der Waals surface area contributed by atoms with Crippen LogP contribution in [0.4, 0.5) is 0 Å². The molecule has 1 N–H and O–H groups in total. The van der Waals surface area contributed by atoms with Crippen LogP contribution in [0.5, 0.6) is 0 Å². The van der Waals surface area contributed by atoms with Gasteiger partial charge in [0.25, 0.3) is 0 Å². The molecule has 2 unspecified atom stereocenters. The molecule has 7 heteroatoms. The summed E-state index contributed by atoms with van der Waals surface area (Å²) < 4.78 is 29.4. The van der Waals surface area contributed by atoms with Gasteiger partial charge in [0.1, 0.15) is 0 Å². The molecule has 1 rings (SSSR count). The van der Waals surface area contributed by atoms with E-state index in [1.54, 1.807) is 0 Å². The van der Waals surface area contributed by atoms with Crippen molar-refractivity contribution in [2.75, 3.05) is 26.0 Å². The Balaban J connectivity index is 2.56. The van der Waals surface area contributed by atoms with Crippen molar-refractivity contribution >= 4 is 16.0 Å². The molecule has 6 nitrogen and oxygen atoms in total. The van der Waals surface area contributed by atoms with E-state index in [-0.39, 0.29) is 24.6 Å². The van der Waals surface area contributed by atoms with E-state index in [9.17, 15) is 18.3 Å². The van der Waals surface area contributed by atoms with Crippen LogP contribution in [-0.4, -0.2) is 55.9 Å². The molecule has 0 aliphatic carbocycles. The highest BCUT2D eigenvalue weighted by molar-refractivity contribution is 7.89. The number of carbonyl (C=O) groups is 1. The Hall–Kier alpha value is -0.660. The molecule has 0 radical (unpaired) electrons. The first-order valence-electron chi connectivity index (χ1n) is 5.59. The van der Waals surface area contributed by atoms with Gasteiger partial charge in [-0.05, 0) is 12.3 Å². The molecule has 0 bridgehead atoms. The van der Waals surface area contributed by atoms with E-state index in [1.807, 2.05) is 6.92 Å². The molecule has 0 aromatic rings. The van der Waals surface area contributed by atoms with Gasteiger partial charge in [0.05, 0.1) is 25.4 Å². The van der Waals surface area contributed by atoms with E-state index in [4.69, 9.17) is 0 Å². The summed E-state index contributed by atoms with van der Waals surface area (Å²) in [7, 11) is -2.25. The molecule has 0 spiro atoms. The van der Waals surface area contributed by atoms with Crippen LogP contribution < -0.4 is 0 Å². The van der Waals surface area contributed by atoms with Gasteiger partial charge in [0.15, 0.2) is 0 Å². The maximum Gasteiger partial charge on any atom is 0.306 e. The summed E-state index contributed by atoms with van der Waals surface area (Å²) in [5.41, 5.74) is 0. The van der Waals surface area contributed by atoms with Crippen LogP contribution in [0.2, 0.25) is 0 Å². The smallest absolute Gasteiger partial charge is 0.306 e. The number of hydrogen-bond donors (Lipinski definition) is 1. The van der Waals surface area contributed by atoms with Gasteiger partial charge in [0.2, 0.25) is 10.0 Å². The van der Waals surface area contributed by atoms with Crippen LogP contribution in [-0.2, 0) is 19.6 Å². The first-order valence-corrected chi connectivity index (χ1v) is 7.20. The van der Waals surface area contributed by atoms with Gasteiger partial charge in [-0.2, -0.15) is 4.31 Å². The quantitative estimate of drug-likeness (QED) is 0.698. The number of methoxy groups -OCH3 is 1. The van der Waals surface area contributed by atoms with E-state index in [1.165, 1.54) is 11.4 Å². The van der Waals surface area contributed by atoms with Crippen LogP contribution in [0.1, 0.15) is 19.8 Å². The summed E-state index contributed by atoms with van der Waals surface area (Å²) in [5, 5.41) is 9.64. The van der Waals surface area contributed by atoms with E-state index in [0.717, 1.165) is 0 Å². The van der Waals surface area contributed by atoms with Crippen molar-refractivity contribution in [3.05, 3.63) is 0 Å². The number of ether oxygens (including phenoxy) is 1. The molecular weight excluding hydrogens is 246 g/mol. The lowest BCUT2D eigenvalue weighted by Crippen LogP contribution is -2.46. The third kappa shape index (κ3) is 3.93. The summed E-state index contributed by atoms with van der Waals surface area (Å²) in [6.45, 7) is 2.41. The molecule has 0 amide bonds. The van der Waals surface area contributed by atoms with E-state index in [0.29, 0.717) is 13.0 Å². The van der Waals surface area contributed by atoms with Crippen LogP contribution in [0.25, 0.3) is 0 Å². The third-order valence-electron chi connectivity index (χ3n) is 3.07. The lowest BCUT2D eigenvalue weighted by molar-refractivity contribution is -0.140. The zero-order chi connectivity index (χ0) is 13.1. The number of piperidine rings is 1. The average molecular weight is 265 g/mol. The topological polar surface area (TPSA) is 83.9 Å². The molecule has 1 aliphatic heterocycles. The molecule has 100 valence electrons. The number of aliphatic hydroxyl groups is 1. The molecule has 0 saturated carbocycles. The van der Waals surface area contributed by atoms with Crippen LogP contribution in [0.3, 0.4) is 0 Å². The van der Waals surface area contributed by atoms with Crippen molar-refractivity contribution < 1.29 is 23.1 Å². The number of esters is 1. The van der Waals surface area contributed by atoms with Crippen molar-refractivity contribution in [1.82, 2.24) is 4.31 Å². The molecule has 1 fully saturated rings. The monoisotopic (exact) mass is 265 g/mol. The van der Waals surface area contributed by atoms with Gasteiger partial charge in [0, 0.05) is 13.1 Å². The van der Waals surface area contributed by atoms with E-state index >= 15 is 0 Å². The fraction of sp³-hybridized carbons (Fsp3) is 0.900. The predicted molar refractivity (Wildman–Crippen MR) is 61.8 cm³/mol. The maximum atomic E-state index is 11.9.